The largest absolute Gasteiger partial charge is 0.324 e. The average molecular weight is 338 g/mol. The molecule has 0 aromatic heterocycles. The normalized spacial score (nSPS) is 11.2. The quantitative estimate of drug-likeness (QED) is 0.748. The first-order valence-corrected chi connectivity index (χ1v) is 9.07. The van der Waals surface area contributed by atoms with Crippen molar-refractivity contribution in [2.24, 2.45) is 0 Å². The molecule has 25 heavy (non-hydrogen) atoms. The second-order valence-electron chi connectivity index (χ2n) is 7.26. The lowest BCUT2D eigenvalue weighted by atomic mass is 9.92. The Morgan fingerprint density at radius 1 is 0.920 bits per heavy atom. The number of benzene rings is 2. The fraction of sp³-hybridized carbons (Fsp3) is 0.409. The number of amides is 1. The zero-order valence-electron chi connectivity index (χ0n) is 16.0. The van der Waals surface area contributed by atoms with E-state index in [4.69, 9.17) is 0 Å². The Balaban J connectivity index is 2.01. The second kappa shape index (κ2) is 8.82. The SMILES string of the molecule is Cc1ccc(CNCC(=O)Nc2c(C(C)C)cccc2C(C)C)cc1. The minimum absolute atomic E-state index is 0.00196. The Hall–Kier alpha value is -2.13. The Bertz CT molecular complexity index is 676. The molecule has 0 atom stereocenters. The molecular weight excluding hydrogens is 308 g/mol. The van der Waals surface area contributed by atoms with E-state index in [1.807, 2.05) is 0 Å². The summed E-state index contributed by atoms with van der Waals surface area (Å²) in [5, 5.41) is 6.36. The maximum Gasteiger partial charge on any atom is 0.238 e. The number of hydrogen-bond donors (Lipinski definition) is 2. The van der Waals surface area contributed by atoms with Crippen molar-refractivity contribution in [2.75, 3.05) is 11.9 Å². The van der Waals surface area contributed by atoms with Gasteiger partial charge in [0.15, 0.2) is 0 Å². The van der Waals surface area contributed by atoms with Gasteiger partial charge in [0.25, 0.3) is 0 Å². The van der Waals surface area contributed by atoms with Crippen molar-refractivity contribution in [3.05, 3.63) is 64.7 Å². The van der Waals surface area contributed by atoms with Gasteiger partial charge < -0.3 is 10.6 Å². The first-order valence-electron chi connectivity index (χ1n) is 9.07. The molecule has 2 aromatic carbocycles. The summed E-state index contributed by atoms with van der Waals surface area (Å²) in [5.41, 5.74) is 5.79. The molecule has 0 aliphatic rings. The van der Waals surface area contributed by atoms with Crippen LogP contribution in [0.5, 0.6) is 0 Å². The second-order valence-corrected chi connectivity index (χ2v) is 7.26. The lowest BCUT2D eigenvalue weighted by Crippen LogP contribution is -2.28. The molecule has 1 amide bonds. The molecule has 0 bridgehead atoms. The molecule has 0 saturated heterocycles. The monoisotopic (exact) mass is 338 g/mol. The molecule has 3 nitrogen and oxygen atoms in total. The number of carbonyl (C=O) groups is 1. The number of aryl methyl sites for hydroxylation is 1. The molecule has 0 fully saturated rings. The standard InChI is InChI=1S/C22H30N2O/c1-15(2)19-7-6-8-20(16(3)4)22(19)24-21(25)14-23-13-18-11-9-17(5)10-12-18/h6-12,15-16,23H,13-14H2,1-5H3,(H,24,25). The maximum atomic E-state index is 12.4. The van der Waals surface area contributed by atoms with Crippen molar-refractivity contribution in [1.82, 2.24) is 5.32 Å². The lowest BCUT2D eigenvalue weighted by Gasteiger charge is -2.20. The van der Waals surface area contributed by atoms with Crippen molar-refractivity contribution < 1.29 is 4.79 Å². The maximum absolute atomic E-state index is 12.4. The summed E-state index contributed by atoms with van der Waals surface area (Å²) in [6, 6.07) is 14.6. The van der Waals surface area contributed by atoms with E-state index in [0.29, 0.717) is 24.9 Å². The predicted molar refractivity (Wildman–Crippen MR) is 106 cm³/mol. The Morgan fingerprint density at radius 2 is 1.48 bits per heavy atom. The molecule has 134 valence electrons. The Morgan fingerprint density at radius 3 is 2.00 bits per heavy atom. The molecule has 0 spiro atoms. The molecule has 3 heteroatoms. The summed E-state index contributed by atoms with van der Waals surface area (Å²) in [6.45, 7) is 11.7. The highest BCUT2D eigenvalue weighted by Gasteiger charge is 2.15. The van der Waals surface area contributed by atoms with Gasteiger partial charge in [0.2, 0.25) is 5.91 Å². The van der Waals surface area contributed by atoms with Gasteiger partial charge in [-0.25, -0.2) is 0 Å². The van der Waals surface area contributed by atoms with Crippen LogP contribution >= 0.6 is 0 Å². The van der Waals surface area contributed by atoms with Crippen LogP contribution in [0.2, 0.25) is 0 Å². The third kappa shape index (κ3) is 5.43. The predicted octanol–water partition coefficient (Wildman–Crippen LogP) is 4.97. The Labute approximate surface area is 151 Å². The van der Waals surface area contributed by atoms with Crippen LogP contribution in [0.25, 0.3) is 0 Å². The summed E-state index contributed by atoms with van der Waals surface area (Å²) >= 11 is 0. The van der Waals surface area contributed by atoms with Gasteiger partial charge in [-0.15, -0.1) is 0 Å². The van der Waals surface area contributed by atoms with E-state index in [0.717, 1.165) is 5.69 Å². The van der Waals surface area contributed by atoms with Crippen LogP contribution in [0.3, 0.4) is 0 Å². The Kier molecular flexibility index (Phi) is 6.77. The van der Waals surface area contributed by atoms with Gasteiger partial charge in [-0.1, -0.05) is 75.7 Å². The third-order valence-electron chi connectivity index (χ3n) is 4.37. The molecule has 0 aliphatic carbocycles. The summed E-state index contributed by atoms with van der Waals surface area (Å²) in [6.07, 6.45) is 0. The first-order chi connectivity index (χ1) is 11.9. The average Bonchev–Trinajstić information content (AvgIpc) is 2.56. The molecule has 0 unspecified atom stereocenters. The van der Waals surface area contributed by atoms with E-state index in [-0.39, 0.29) is 5.91 Å². The first kappa shape index (κ1) is 19.2. The van der Waals surface area contributed by atoms with E-state index in [9.17, 15) is 4.79 Å². The third-order valence-corrected chi connectivity index (χ3v) is 4.37. The van der Waals surface area contributed by atoms with Gasteiger partial charge in [-0.05, 0) is 35.4 Å². The van der Waals surface area contributed by atoms with E-state index in [1.165, 1.54) is 22.3 Å². The molecule has 2 aromatic rings. The molecule has 0 heterocycles. The number of carbonyl (C=O) groups excluding carboxylic acids is 1. The van der Waals surface area contributed by atoms with Gasteiger partial charge in [-0.2, -0.15) is 0 Å². The minimum atomic E-state index is 0.00196. The van der Waals surface area contributed by atoms with Crippen LogP contribution in [0.15, 0.2) is 42.5 Å². The van der Waals surface area contributed by atoms with Crippen LogP contribution in [-0.4, -0.2) is 12.5 Å². The van der Waals surface area contributed by atoms with Crippen molar-refractivity contribution in [1.29, 1.82) is 0 Å². The fourth-order valence-electron chi connectivity index (χ4n) is 2.91. The molecular formula is C22H30N2O. The smallest absolute Gasteiger partial charge is 0.238 e. The van der Waals surface area contributed by atoms with Crippen molar-refractivity contribution >= 4 is 11.6 Å². The minimum Gasteiger partial charge on any atom is -0.324 e. The highest BCUT2D eigenvalue weighted by molar-refractivity contribution is 5.94. The van der Waals surface area contributed by atoms with Crippen LogP contribution in [-0.2, 0) is 11.3 Å². The summed E-state index contributed by atoms with van der Waals surface area (Å²) in [4.78, 5) is 12.4. The molecule has 0 aliphatic heterocycles. The number of rotatable bonds is 7. The van der Waals surface area contributed by atoms with Crippen molar-refractivity contribution in [3.8, 4) is 0 Å². The zero-order chi connectivity index (χ0) is 18.4. The summed E-state index contributed by atoms with van der Waals surface area (Å²) in [5.74, 6) is 0.742. The van der Waals surface area contributed by atoms with Gasteiger partial charge in [0.1, 0.15) is 0 Å². The zero-order valence-corrected chi connectivity index (χ0v) is 16.0. The highest BCUT2D eigenvalue weighted by Crippen LogP contribution is 2.32. The van der Waals surface area contributed by atoms with Crippen molar-refractivity contribution in [2.45, 2.75) is 53.0 Å². The summed E-state index contributed by atoms with van der Waals surface area (Å²) in [7, 11) is 0. The fourth-order valence-corrected chi connectivity index (χ4v) is 2.91. The molecule has 2 N–H and O–H groups in total. The van der Waals surface area contributed by atoms with Crippen LogP contribution in [0.1, 0.15) is 61.8 Å². The number of hydrogen-bond acceptors (Lipinski definition) is 2. The lowest BCUT2D eigenvalue weighted by molar-refractivity contribution is -0.115. The number of nitrogens with one attached hydrogen (secondary N) is 2. The van der Waals surface area contributed by atoms with Gasteiger partial charge in [0.05, 0.1) is 6.54 Å². The molecule has 0 radical (unpaired) electrons. The van der Waals surface area contributed by atoms with Gasteiger partial charge >= 0.3 is 0 Å². The van der Waals surface area contributed by atoms with E-state index in [2.05, 4.69) is 87.7 Å². The summed E-state index contributed by atoms with van der Waals surface area (Å²) < 4.78 is 0. The highest BCUT2D eigenvalue weighted by atomic mass is 16.1. The number of anilines is 1. The van der Waals surface area contributed by atoms with Gasteiger partial charge in [-0.3, -0.25) is 4.79 Å². The van der Waals surface area contributed by atoms with Crippen LogP contribution < -0.4 is 10.6 Å². The number of para-hydroxylation sites is 1. The van der Waals surface area contributed by atoms with Crippen molar-refractivity contribution in [3.63, 3.8) is 0 Å². The molecule has 2 rings (SSSR count). The topological polar surface area (TPSA) is 41.1 Å². The van der Waals surface area contributed by atoms with Crippen LogP contribution in [0, 0.1) is 6.92 Å². The van der Waals surface area contributed by atoms with E-state index in [1.54, 1.807) is 0 Å². The molecule has 0 saturated carbocycles. The van der Waals surface area contributed by atoms with E-state index >= 15 is 0 Å². The van der Waals surface area contributed by atoms with E-state index < -0.39 is 0 Å². The van der Waals surface area contributed by atoms with Crippen LogP contribution in [0.4, 0.5) is 5.69 Å². The van der Waals surface area contributed by atoms with Gasteiger partial charge in [0, 0.05) is 12.2 Å².